The van der Waals surface area contributed by atoms with Gasteiger partial charge in [-0.1, -0.05) is 41.4 Å². The van der Waals surface area contributed by atoms with Gasteiger partial charge in [0.2, 0.25) is 0 Å². The Kier molecular flexibility index (Phi) is 9.39. The molecule has 1 fully saturated rings. The predicted octanol–water partition coefficient (Wildman–Crippen LogP) is 5.36. The van der Waals surface area contributed by atoms with E-state index in [4.69, 9.17) is 32.7 Å². The lowest BCUT2D eigenvalue weighted by molar-refractivity contribution is -0.120. The van der Waals surface area contributed by atoms with Crippen molar-refractivity contribution in [2.45, 2.75) is 6.42 Å². The zero-order valence-corrected chi connectivity index (χ0v) is 22.6. The number of nitrogens with zero attached hydrogens (tertiary/aromatic N) is 2. The number of aromatic amines is 1. The van der Waals surface area contributed by atoms with Gasteiger partial charge in [-0.2, -0.15) is 0 Å². The molecule has 1 saturated heterocycles. The molecule has 0 spiro atoms. The number of carbonyl (C=O) groups is 1. The molecular formula is C28H32Cl2N4O3. The number of halogens is 2. The van der Waals surface area contributed by atoms with E-state index >= 15 is 0 Å². The normalized spacial score (nSPS) is 14.9. The Labute approximate surface area is 227 Å². The van der Waals surface area contributed by atoms with Crippen LogP contribution >= 0.6 is 23.2 Å². The molecule has 7 nitrogen and oxygen atoms in total. The summed E-state index contributed by atoms with van der Waals surface area (Å²) in [6.45, 7) is 5.37. The van der Waals surface area contributed by atoms with E-state index in [0.29, 0.717) is 16.6 Å². The Bertz CT molecular complexity index is 1240. The molecule has 3 aromatic rings. The van der Waals surface area contributed by atoms with E-state index in [9.17, 15) is 4.79 Å². The van der Waals surface area contributed by atoms with Crippen LogP contribution < -0.4 is 15.0 Å². The minimum absolute atomic E-state index is 0.233. The van der Waals surface area contributed by atoms with Crippen molar-refractivity contribution in [1.29, 1.82) is 0 Å². The molecule has 2 N–H and O–H groups in total. The van der Waals surface area contributed by atoms with Gasteiger partial charge in [-0.25, -0.2) is 0 Å². The average Bonchev–Trinajstić information content (AvgIpc) is 3.30. The Morgan fingerprint density at radius 1 is 1.08 bits per heavy atom. The van der Waals surface area contributed by atoms with Gasteiger partial charge in [0.1, 0.15) is 5.75 Å². The number of anilines is 1. The molecule has 0 saturated carbocycles. The molecule has 9 heteroatoms. The minimum atomic E-state index is -0.233. The van der Waals surface area contributed by atoms with Gasteiger partial charge in [0.15, 0.2) is 5.76 Å². The van der Waals surface area contributed by atoms with E-state index in [1.807, 2.05) is 36.4 Å². The van der Waals surface area contributed by atoms with Crippen molar-refractivity contribution in [1.82, 2.24) is 15.2 Å². The fraction of sp³-hybridized carbons (Fsp3) is 0.321. The number of para-hydroxylation sites is 2. The maximum atomic E-state index is 12.5. The number of H-pyrrole nitrogens is 1. The smallest absolute Gasteiger partial charge is 0.286 e. The van der Waals surface area contributed by atoms with Crippen LogP contribution in [0.1, 0.15) is 12.1 Å². The first kappa shape index (κ1) is 26.9. The SMILES string of the molecule is CO/C(=C\C=C\c1cc2cc(Cl)c(Cl)cc2[nH]1)C(=O)NCCCN1CCN(c2ccccc2OC)CC1. The Hall–Kier alpha value is -3.13. The number of allylic oxidation sites excluding steroid dienone is 2. The number of aromatic nitrogens is 1. The zero-order chi connectivity index (χ0) is 26.2. The summed E-state index contributed by atoms with van der Waals surface area (Å²) in [4.78, 5) is 20.6. The molecule has 0 atom stereocenters. The third kappa shape index (κ3) is 7.01. The van der Waals surface area contributed by atoms with Crippen LogP contribution in [0, 0.1) is 0 Å². The van der Waals surface area contributed by atoms with Crippen LogP contribution in [-0.4, -0.2) is 69.3 Å². The monoisotopic (exact) mass is 542 g/mol. The molecule has 1 amide bonds. The van der Waals surface area contributed by atoms with Crippen LogP contribution in [0.25, 0.3) is 17.0 Å². The lowest BCUT2D eigenvalue weighted by Gasteiger charge is -2.36. The predicted molar refractivity (Wildman–Crippen MR) is 152 cm³/mol. The highest BCUT2D eigenvalue weighted by Crippen LogP contribution is 2.29. The largest absolute Gasteiger partial charge is 0.495 e. The van der Waals surface area contributed by atoms with Crippen molar-refractivity contribution in [3.63, 3.8) is 0 Å². The third-order valence-corrected chi connectivity index (χ3v) is 7.11. The standard InChI is InChI=1S/C28H32Cl2N4O3/c1-36-26-9-4-3-8-25(26)34-15-13-33(14-16-34)12-6-11-31-28(35)27(37-2)10-5-7-21-17-20-18-22(29)23(30)19-24(20)32-21/h3-5,7-10,17-19,32H,6,11-16H2,1-2H3,(H,31,35)/b7-5+,27-10-. The quantitative estimate of drug-likeness (QED) is 0.156. The molecule has 4 rings (SSSR count). The second-order valence-electron chi connectivity index (χ2n) is 8.78. The van der Waals surface area contributed by atoms with Crippen LogP contribution in [0.4, 0.5) is 5.69 Å². The van der Waals surface area contributed by atoms with Gasteiger partial charge in [-0.15, -0.1) is 0 Å². The van der Waals surface area contributed by atoms with Gasteiger partial charge >= 0.3 is 0 Å². The molecule has 0 aliphatic carbocycles. The maximum Gasteiger partial charge on any atom is 0.286 e. The summed E-state index contributed by atoms with van der Waals surface area (Å²) in [6, 6.07) is 13.7. The van der Waals surface area contributed by atoms with Crippen molar-refractivity contribution >= 4 is 51.8 Å². The molecule has 2 heterocycles. The zero-order valence-electron chi connectivity index (χ0n) is 21.1. The Morgan fingerprint density at radius 3 is 2.59 bits per heavy atom. The molecule has 2 aromatic carbocycles. The molecule has 0 bridgehead atoms. The highest BCUT2D eigenvalue weighted by Gasteiger charge is 2.19. The van der Waals surface area contributed by atoms with Gasteiger partial charge in [0, 0.05) is 49.3 Å². The van der Waals surface area contributed by atoms with Crippen molar-refractivity contribution < 1.29 is 14.3 Å². The highest BCUT2D eigenvalue weighted by atomic mass is 35.5. The van der Waals surface area contributed by atoms with Crippen LogP contribution in [-0.2, 0) is 9.53 Å². The van der Waals surface area contributed by atoms with Gasteiger partial charge in [0.05, 0.1) is 30.0 Å². The number of amides is 1. The molecule has 37 heavy (non-hydrogen) atoms. The van der Waals surface area contributed by atoms with E-state index in [1.165, 1.54) is 7.11 Å². The summed E-state index contributed by atoms with van der Waals surface area (Å²) >= 11 is 12.2. The first-order valence-corrected chi connectivity index (χ1v) is 13.0. The first-order chi connectivity index (χ1) is 18.0. The van der Waals surface area contributed by atoms with E-state index < -0.39 is 0 Å². The van der Waals surface area contributed by atoms with Gasteiger partial charge in [-0.05, 0) is 55.4 Å². The summed E-state index contributed by atoms with van der Waals surface area (Å²) < 4.78 is 10.8. The molecule has 0 radical (unpaired) electrons. The minimum Gasteiger partial charge on any atom is -0.495 e. The third-order valence-electron chi connectivity index (χ3n) is 6.38. The van der Waals surface area contributed by atoms with Crippen molar-refractivity contribution in [3.8, 4) is 5.75 Å². The number of carbonyl (C=O) groups excluding carboxylic acids is 1. The number of benzene rings is 2. The Morgan fingerprint density at radius 2 is 1.84 bits per heavy atom. The second kappa shape index (κ2) is 12.9. The van der Waals surface area contributed by atoms with Crippen LogP contribution in [0.15, 0.2) is 60.4 Å². The van der Waals surface area contributed by atoms with Crippen LogP contribution in [0.5, 0.6) is 5.75 Å². The maximum absolute atomic E-state index is 12.5. The number of ether oxygens (including phenoxy) is 2. The number of hydrogen-bond acceptors (Lipinski definition) is 5. The van der Waals surface area contributed by atoms with E-state index in [-0.39, 0.29) is 11.7 Å². The van der Waals surface area contributed by atoms with Crippen molar-refractivity contribution in [2.75, 3.05) is 58.4 Å². The second-order valence-corrected chi connectivity index (χ2v) is 9.60. The van der Waals surface area contributed by atoms with E-state index in [0.717, 1.165) is 67.2 Å². The van der Waals surface area contributed by atoms with Crippen LogP contribution in [0.3, 0.4) is 0 Å². The van der Waals surface area contributed by atoms with E-state index in [2.05, 4.69) is 26.2 Å². The number of rotatable bonds is 10. The number of hydrogen-bond donors (Lipinski definition) is 2. The van der Waals surface area contributed by atoms with Gasteiger partial charge in [0.25, 0.3) is 5.91 Å². The fourth-order valence-corrected chi connectivity index (χ4v) is 4.75. The summed E-state index contributed by atoms with van der Waals surface area (Å²) in [5.74, 6) is 0.930. The lowest BCUT2D eigenvalue weighted by Crippen LogP contribution is -2.47. The molecular weight excluding hydrogens is 511 g/mol. The molecule has 0 unspecified atom stereocenters. The number of piperazine rings is 1. The number of nitrogens with one attached hydrogen (secondary N) is 2. The van der Waals surface area contributed by atoms with Crippen LogP contribution in [0.2, 0.25) is 10.0 Å². The molecule has 196 valence electrons. The highest BCUT2D eigenvalue weighted by molar-refractivity contribution is 6.42. The average molecular weight is 543 g/mol. The Balaban J connectivity index is 1.20. The van der Waals surface area contributed by atoms with Crippen molar-refractivity contribution in [2.24, 2.45) is 0 Å². The fourth-order valence-electron chi connectivity index (χ4n) is 4.41. The van der Waals surface area contributed by atoms with Gasteiger partial charge in [-0.3, -0.25) is 9.69 Å². The van der Waals surface area contributed by atoms with Crippen molar-refractivity contribution in [3.05, 3.63) is 76.1 Å². The van der Waals surface area contributed by atoms with E-state index in [1.54, 1.807) is 25.3 Å². The molecule has 1 aromatic heterocycles. The summed E-state index contributed by atoms with van der Waals surface area (Å²) in [6.07, 6.45) is 6.15. The number of methoxy groups -OCH3 is 2. The summed E-state index contributed by atoms with van der Waals surface area (Å²) in [7, 11) is 3.20. The number of fused-ring (bicyclic) bond motifs is 1. The first-order valence-electron chi connectivity index (χ1n) is 12.3. The lowest BCUT2D eigenvalue weighted by atomic mass is 10.2. The van der Waals surface area contributed by atoms with Gasteiger partial charge < -0.3 is 24.7 Å². The summed E-state index contributed by atoms with van der Waals surface area (Å²) in [5.41, 5.74) is 2.90. The molecule has 1 aliphatic heterocycles. The molecule has 1 aliphatic rings. The summed E-state index contributed by atoms with van der Waals surface area (Å²) in [5, 5.41) is 4.92. The topological polar surface area (TPSA) is 69.8 Å².